The third-order valence-corrected chi connectivity index (χ3v) is 9.58. The van der Waals surface area contributed by atoms with Gasteiger partial charge in [0.05, 0.1) is 27.8 Å². The highest BCUT2D eigenvalue weighted by Crippen LogP contribution is 2.42. The first-order chi connectivity index (χ1) is 21.5. The summed E-state index contributed by atoms with van der Waals surface area (Å²) in [5.41, 5.74) is -1.28. The van der Waals surface area contributed by atoms with E-state index in [1.165, 1.54) is 24.3 Å². The number of nitrogens with zero attached hydrogens (tertiary/aromatic N) is 5. The second kappa shape index (κ2) is 10.7. The van der Waals surface area contributed by atoms with Crippen LogP contribution in [0, 0.1) is 30.9 Å². The summed E-state index contributed by atoms with van der Waals surface area (Å²) in [5.74, 6) is 1.08. The molecule has 4 aromatic rings. The molecule has 3 atom stereocenters. The number of rotatable bonds is 5. The van der Waals surface area contributed by atoms with Crippen molar-refractivity contribution < 1.29 is 28.1 Å². The molecule has 0 amide bonds. The number of pyridine rings is 1. The number of hydrogen-bond acceptors (Lipinski definition) is 8. The van der Waals surface area contributed by atoms with Crippen LogP contribution in [-0.4, -0.2) is 80.2 Å². The molecule has 3 fully saturated rings. The lowest BCUT2D eigenvalue weighted by Crippen LogP contribution is -2.46. The molecule has 234 valence electrons. The quantitative estimate of drug-likeness (QED) is 0.287. The van der Waals surface area contributed by atoms with Crippen molar-refractivity contribution in [3.8, 4) is 35.4 Å². The lowest BCUT2D eigenvalue weighted by atomic mass is 9.94. The molecule has 5 heterocycles. The van der Waals surface area contributed by atoms with Gasteiger partial charge in [-0.15, -0.1) is 6.42 Å². The summed E-state index contributed by atoms with van der Waals surface area (Å²) in [5, 5.41) is 22.5. The Morgan fingerprint density at radius 2 is 1.91 bits per heavy atom. The number of halogens is 3. The molecule has 0 saturated carbocycles. The highest BCUT2D eigenvalue weighted by Gasteiger charge is 2.49. The van der Waals surface area contributed by atoms with Crippen LogP contribution in [0.4, 0.5) is 19.0 Å². The average Bonchev–Trinajstić information content (AvgIpc) is 3.52. The van der Waals surface area contributed by atoms with E-state index in [9.17, 15) is 19.0 Å². The van der Waals surface area contributed by atoms with Gasteiger partial charge in [0.25, 0.3) is 0 Å². The molecule has 2 aromatic carbocycles. The Morgan fingerprint density at radius 1 is 1.11 bits per heavy atom. The van der Waals surface area contributed by atoms with Gasteiger partial charge in [-0.3, -0.25) is 4.90 Å². The Kier molecular flexibility index (Phi) is 7.06. The maximum atomic E-state index is 16.9. The lowest BCUT2D eigenvalue weighted by Gasteiger charge is -2.38. The van der Waals surface area contributed by atoms with Crippen molar-refractivity contribution in [1.82, 2.24) is 19.9 Å². The Hall–Kier alpha value is -4.14. The zero-order valence-electron chi connectivity index (χ0n) is 25.2. The number of ether oxygens (including phenoxy) is 1. The highest BCUT2D eigenvalue weighted by atomic mass is 19.1. The largest absolute Gasteiger partial charge is 0.508 e. The molecular weight excluding hydrogens is 583 g/mol. The number of phenolic OH excluding ortho intramolecular Hbond substituents is 1. The number of hydrogen-bond donors (Lipinski definition) is 2. The number of piperidine rings is 1. The SMILES string of the molecule is C#Cc1c(F)ccc2cc(O)cc(-c3nc(C)c4c(N5CCC[C@@](C)(O)C5)nc(OC[C@@]56CCCN5C[C@H](F)C6)nc4c3F)c12. The minimum absolute atomic E-state index is 0.0715. The number of aliphatic hydroxyl groups is 1. The van der Waals surface area contributed by atoms with E-state index in [4.69, 9.17) is 16.1 Å². The zero-order chi connectivity index (χ0) is 31.7. The van der Waals surface area contributed by atoms with Gasteiger partial charge in [-0.25, -0.2) is 18.2 Å². The molecule has 0 radical (unpaired) electrons. The maximum absolute atomic E-state index is 16.9. The summed E-state index contributed by atoms with van der Waals surface area (Å²) in [7, 11) is 0. The Balaban J connectivity index is 1.42. The molecule has 11 heteroatoms. The second-order valence-corrected chi connectivity index (χ2v) is 13.0. The van der Waals surface area contributed by atoms with E-state index >= 15 is 4.39 Å². The lowest BCUT2D eigenvalue weighted by molar-refractivity contribution is 0.0447. The maximum Gasteiger partial charge on any atom is 0.319 e. The van der Waals surface area contributed by atoms with Gasteiger partial charge >= 0.3 is 6.01 Å². The van der Waals surface area contributed by atoms with Crippen LogP contribution in [0.5, 0.6) is 11.8 Å². The number of phenols is 1. The van der Waals surface area contributed by atoms with Crippen LogP contribution in [0.3, 0.4) is 0 Å². The molecule has 3 saturated heterocycles. The van der Waals surface area contributed by atoms with Crippen LogP contribution in [0.2, 0.25) is 0 Å². The molecule has 0 bridgehead atoms. The Bertz CT molecular complexity index is 1890. The zero-order valence-corrected chi connectivity index (χ0v) is 25.2. The standard InChI is InChI=1S/C34H34F3N5O3/c1-4-23-25(36)8-7-20-13-22(43)14-24(27(20)23)29-28(37)30-26(19(2)38-29)31(41-11-5-9-33(3,44)17-41)40-32(39-30)45-18-34-10-6-12-42(34)16-21(35)15-34/h1,7-8,13-14,21,43-44H,5-6,9-12,15-18H2,2-3H3/t21-,33-,34+/m1/s1. The van der Waals surface area contributed by atoms with Crippen molar-refractivity contribution >= 4 is 27.5 Å². The van der Waals surface area contributed by atoms with E-state index in [-0.39, 0.29) is 52.6 Å². The number of anilines is 1. The first-order valence-corrected chi connectivity index (χ1v) is 15.3. The van der Waals surface area contributed by atoms with Gasteiger partial charge in [-0.1, -0.05) is 12.0 Å². The number of benzene rings is 2. The predicted octanol–water partition coefficient (Wildman–Crippen LogP) is 5.42. The summed E-state index contributed by atoms with van der Waals surface area (Å²) >= 11 is 0. The average molecular weight is 618 g/mol. The fourth-order valence-electron chi connectivity index (χ4n) is 7.58. The van der Waals surface area contributed by atoms with E-state index in [1.807, 2.05) is 4.90 Å². The Labute approximate surface area is 258 Å². The number of fused-ring (bicyclic) bond motifs is 3. The van der Waals surface area contributed by atoms with E-state index < -0.39 is 28.9 Å². The van der Waals surface area contributed by atoms with Crippen molar-refractivity contribution in [2.75, 3.05) is 37.7 Å². The minimum atomic E-state index is -0.990. The number of terminal acetylenes is 1. The molecule has 3 aliphatic rings. The fourth-order valence-corrected chi connectivity index (χ4v) is 7.58. The predicted molar refractivity (Wildman–Crippen MR) is 165 cm³/mol. The number of aromatic nitrogens is 3. The monoisotopic (exact) mass is 617 g/mol. The minimum Gasteiger partial charge on any atom is -0.508 e. The van der Waals surface area contributed by atoms with Crippen LogP contribution in [0.1, 0.15) is 50.3 Å². The van der Waals surface area contributed by atoms with Gasteiger partial charge in [-0.2, -0.15) is 9.97 Å². The summed E-state index contributed by atoms with van der Waals surface area (Å²) in [6.45, 7) is 5.56. The van der Waals surface area contributed by atoms with Crippen molar-refractivity contribution in [2.45, 2.75) is 63.3 Å². The molecule has 3 aliphatic heterocycles. The van der Waals surface area contributed by atoms with Crippen LogP contribution in [0.25, 0.3) is 32.9 Å². The molecule has 8 nitrogen and oxygen atoms in total. The molecule has 2 aromatic heterocycles. The molecule has 0 unspecified atom stereocenters. The summed E-state index contributed by atoms with van der Waals surface area (Å²) in [4.78, 5) is 17.9. The normalized spacial score (nSPS) is 25.2. The third-order valence-electron chi connectivity index (χ3n) is 9.58. The van der Waals surface area contributed by atoms with Crippen molar-refractivity contribution in [2.24, 2.45) is 0 Å². The number of aromatic hydroxyl groups is 1. The topological polar surface area (TPSA) is 94.8 Å². The number of alkyl halides is 1. The van der Waals surface area contributed by atoms with Gasteiger partial charge in [-0.05, 0) is 69.7 Å². The fraction of sp³-hybridized carbons (Fsp3) is 0.441. The molecule has 0 spiro atoms. The number of aryl methyl sites for hydroxylation is 1. The first kappa shape index (κ1) is 29.6. The van der Waals surface area contributed by atoms with Crippen molar-refractivity contribution in [3.05, 3.63) is 47.2 Å². The molecular formula is C34H34F3N5O3. The summed E-state index contributed by atoms with van der Waals surface area (Å²) in [6.07, 6.45) is 8.09. The third kappa shape index (κ3) is 5.00. The van der Waals surface area contributed by atoms with Gasteiger partial charge in [0.2, 0.25) is 0 Å². The van der Waals surface area contributed by atoms with Crippen molar-refractivity contribution in [1.29, 1.82) is 0 Å². The van der Waals surface area contributed by atoms with Gasteiger partial charge in [0.15, 0.2) is 5.82 Å². The first-order valence-electron chi connectivity index (χ1n) is 15.3. The van der Waals surface area contributed by atoms with Crippen LogP contribution in [-0.2, 0) is 0 Å². The van der Waals surface area contributed by atoms with Crippen molar-refractivity contribution in [3.63, 3.8) is 0 Å². The number of β-amino-alcohol motifs (C(OH)–C–C–N with tert-alkyl or cyclic N) is 1. The van der Waals surface area contributed by atoms with E-state index in [0.717, 1.165) is 19.4 Å². The summed E-state index contributed by atoms with van der Waals surface area (Å²) in [6, 6.07) is 5.33. The Morgan fingerprint density at radius 3 is 2.69 bits per heavy atom. The van der Waals surface area contributed by atoms with Crippen LogP contribution in [0.15, 0.2) is 24.3 Å². The second-order valence-electron chi connectivity index (χ2n) is 13.0. The van der Waals surface area contributed by atoms with Crippen LogP contribution < -0.4 is 9.64 Å². The summed E-state index contributed by atoms with van der Waals surface area (Å²) < 4.78 is 52.3. The van der Waals surface area contributed by atoms with E-state index in [2.05, 4.69) is 20.8 Å². The molecule has 45 heavy (non-hydrogen) atoms. The van der Waals surface area contributed by atoms with E-state index in [0.29, 0.717) is 54.6 Å². The van der Waals surface area contributed by atoms with Crippen LogP contribution >= 0.6 is 0 Å². The van der Waals surface area contributed by atoms with Gasteiger partial charge in [0, 0.05) is 37.0 Å². The molecule has 2 N–H and O–H groups in total. The molecule has 0 aliphatic carbocycles. The van der Waals surface area contributed by atoms with Gasteiger partial charge < -0.3 is 19.8 Å². The molecule has 7 rings (SSSR count). The highest BCUT2D eigenvalue weighted by molar-refractivity contribution is 6.03. The van der Waals surface area contributed by atoms with Gasteiger partial charge in [0.1, 0.15) is 41.4 Å². The smallest absolute Gasteiger partial charge is 0.319 e. The van der Waals surface area contributed by atoms with E-state index in [1.54, 1.807) is 13.8 Å².